The molecule has 0 radical (unpaired) electrons. The van der Waals surface area contributed by atoms with Crippen molar-refractivity contribution in [1.29, 1.82) is 0 Å². The first-order valence-electron chi connectivity index (χ1n) is 14.6. The van der Waals surface area contributed by atoms with Crippen molar-refractivity contribution in [3.8, 4) is 45.3 Å². The predicted molar refractivity (Wildman–Crippen MR) is 181 cm³/mol. The molecule has 0 saturated heterocycles. The van der Waals surface area contributed by atoms with Gasteiger partial charge in [-0.2, -0.15) is 0 Å². The van der Waals surface area contributed by atoms with Gasteiger partial charge in [0.1, 0.15) is 5.82 Å². The number of aromatic nitrogens is 3. The van der Waals surface area contributed by atoms with E-state index in [9.17, 15) is 8.96 Å². The highest BCUT2D eigenvalue weighted by molar-refractivity contribution is 7.85. The Morgan fingerprint density at radius 3 is 1.11 bits per heavy atom. The summed E-state index contributed by atoms with van der Waals surface area (Å²) in [5.74, 6) is 1.07. The van der Waals surface area contributed by atoms with E-state index < -0.39 is 7.14 Å². The summed E-state index contributed by atoms with van der Waals surface area (Å²) < 4.78 is 28.6. The second-order valence-corrected chi connectivity index (χ2v) is 13.4. The van der Waals surface area contributed by atoms with Crippen molar-refractivity contribution in [3.63, 3.8) is 0 Å². The number of hydrogen-bond acceptors (Lipinski definition) is 4. The number of benzene rings is 6. The molecule has 0 N–H and O–H groups in total. The second-order valence-electron chi connectivity index (χ2n) is 10.6. The van der Waals surface area contributed by atoms with Crippen LogP contribution in [0.25, 0.3) is 45.3 Å². The van der Waals surface area contributed by atoms with Gasteiger partial charge in [0.15, 0.2) is 24.6 Å². The van der Waals surface area contributed by atoms with Crippen LogP contribution in [0.1, 0.15) is 0 Å². The summed E-state index contributed by atoms with van der Waals surface area (Å²) in [5, 5.41) is 2.25. The molecule has 7 aromatic rings. The van der Waals surface area contributed by atoms with E-state index >= 15 is 0 Å². The van der Waals surface area contributed by atoms with E-state index in [2.05, 4.69) is 12.1 Å². The van der Waals surface area contributed by atoms with Crippen molar-refractivity contribution in [2.45, 2.75) is 0 Å². The normalized spacial score (nSPS) is 11.3. The third-order valence-corrected chi connectivity index (χ3v) is 10.8. The molecular weight excluding hydrogens is 576 g/mol. The zero-order chi connectivity index (χ0) is 30.6. The Morgan fingerprint density at radius 1 is 0.356 bits per heavy atom. The molecule has 216 valence electrons. The minimum Gasteiger partial charge on any atom is -0.309 e. The molecule has 0 atom stereocenters. The summed E-state index contributed by atoms with van der Waals surface area (Å²) in [6, 6.07) is 51.1. The summed E-state index contributed by atoms with van der Waals surface area (Å²) in [6.07, 6.45) is 0. The van der Waals surface area contributed by atoms with Gasteiger partial charge in [0.05, 0.1) is 0 Å². The van der Waals surface area contributed by atoms with Gasteiger partial charge in [-0.15, -0.1) is 0 Å². The van der Waals surface area contributed by atoms with Gasteiger partial charge in [0, 0.05) is 32.6 Å². The van der Waals surface area contributed by atoms with Gasteiger partial charge in [0.25, 0.3) is 0 Å². The van der Waals surface area contributed by atoms with E-state index in [1.165, 1.54) is 12.1 Å². The van der Waals surface area contributed by atoms with Gasteiger partial charge < -0.3 is 4.57 Å². The lowest BCUT2D eigenvalue weighted by Crippen LogP contribution is -2.24. The van der Waals surface area contributed by atoms with Crippen LogP contribution in [0.4, 0.5) is 4.39 Å². The Kier molecular flexibility index (Phi) is 7.69. The molecular formula is C39H27FN3OP. The monoisotopic (exact) mass is 603 g/mol. The summed E-state index contributed by atoms with van der Waals surface area (Å²) in [7, 11) is -3.13. The lowest BCUT2D eigenvalue weighted by molar-refractivity contribution is 0.592. The maximum Gasteiger partial charge on any atom is 0.171 e. The fourth-order valence-electron chi connectivity index (χ4n) is 5.35. The van der Waals surface area contributed by atoms with E-state index in [4.69, 9.17) is 15.0 Å². The molecule has 7 rings (SSSR count). The average molecular weight is 604 g/mol. The number of nitrogens with zero attached hydrogens (tertiary/aromatic N) is 3. The first-order chi connectivity index (χ1) is 22.1. The minimum absolute atomic E-state index is 0.332. The van der Waals surface area contributed by atoms with Crippen molar-refractivity contribution in [1.82, 2.24) is 15.0 Å². The largest absolute Gasteiger partial charge is 0.309 e. The topological polar surface area (TPSA) is 55.7 Å². The van der Waals surface area contributed by atoms with E-state index in [0.29, 0.717) is 28.3 Å². The Labute approximate surface area is 261 Å². The van der Waals surface area contributed by atoms with Crippen LogP contribution in [-0.4, -0.2) is 15.0 Å². The average Bonchev–Trinajstić information content (AvgIpc) is 3.12. The Hall–Kier alpha value is -5.51. The highest BCUT2D eigenvalue weighted by Crippen LogP contribution is 2.42. The first-order valence-corrected chi connectivity index (χ1v) is 16.3. The maximum absolute atomic E-state index is 14.8. The standard InChI is InChI=1S/C39H27FN3OP/c40-33-24-20-31(21-25-33)38-41-37(30-18-16-29(17-19-30)28-10-4-1-5-11-28)42-39(43-38)32-22-26-36(27-23-32)45(44,34-12-6-2-7-13-34)35-14-8-3-9-15-35/h1-27H. The molecule has 0 aliphatic rings. The highest BCUT2D eigenvalue weighted by atomic mass is 31.2. The van der Waals surface area contributed by atoms with E-state index in [1.54, 1.807) is 12.1 Å². The van der Waals surface area contributed by atoms with Gasteiger partial charge in [-0.05, 0) is 35.4 Å². The Balaban J connectivity index is 1.31. The van der Waals surface area contributed by atoms with Crippen LogP contribution >= 0.6 is 7.14 Å². The van der Waals surface area contributed by atoms with E-state index in [1.807, 2.05) is 127 Å². The van der Waals surface area contributed by atoms with Gasteiger partial charge in [-0.25, -0.2) is 19.3 Å². The van der Waals surface area contributed by atoms with Crippen LogP contribution in [0.2, 0.25) is 0 Å². The molecule has 45 heavy (non-hydrogen) atoms. The molecule has 0 bridgehead atoms. The van der Waals surface area contributed by atoms with Gasteiger partial charge in [-0.1, -0.05) is 140 Å². The van der Waals surface area contributed by atoms with Crippen LogP contribution in [0, 0.1) is 5.82 Å². The molecule has 0 fully saturated rings. The molecule has 0 saturated carbocycles. The zero-order valence-electron chi connectivity index (χ0n) is 24.2. The van der Waals surface area contributed by atoms with Crippen LogP contribution in [0.5, 0.6) is 0 Å². The molecule has 6 heteroatoms. The second kappa shape index (κ2) is 12.2. The minimum atomic E-state index is -3.13. The lowest BCUT2D eigenvalue weighted by atomic mass is 10.0. The molecule has 6 aromatic carbocycles. The number of halogens is 1. The molecule has 0 spiro atoms. The van der Waals surface area contributed by atoms with E-state index in [0.717, 1.165) is 32.9 Å². The van der Waals surface area contributed by atoms with Crippen molar-refractivity contribution >= 4 is 23.1 Å². The van der Waals surface area contributed by atoms with Crippen LogP contribution < -0.4 is 15.9 Å². The third-order valence-electron chi connectivity index (χ3n) is 7.72. The van der Waals surface area contributed by atoms with Crippen LogP contribution in [0.3, 0.4) is 0 Å². The van der Waals surface area contributed by atoms with Crippen molar-refractivity contribution in [2.24, 2.45) is 0 Å². The van der Waals surface area contributed by atoms with Crippen LogP contribution in [-0.2, 0) is 4.57 Å². The molecule has 0 aliphatic heterocycles. The van der Waals surface area contributed by atoms with Gasteiger partial charge in [0.2, 0.25) is 0 Å². The van der Waals surface area contributed by atoms with Crippen molar-refractivity contribution in [2.75, 3.05) is 0 Å². The SMILES string of the molecule is O=P(c1ccccc1)(c1ccccc1)c1ccc(-c2nc(-c3ccc(F)cc3)nc(-c3ccc(-c4ccccc4)cc3)n2)cc1. The molecule has 1 heterocycles. The molecule has 4 nitrogen and oxygen atoms in total. The van der Waals surface area contributed by atoms with Gasteiger partial charge >= 0.3 is 0 Å². The number of hydrogen-bond donors (Lipinski definition) is 0. The smallest absolute Gasteiger partial charge is 0.171 e. The summed E-state index contributed by atoms with van der Waals surface area (Å²) >= 11 is 0. The summed E-state index contributed by atoms with van der Waals surface area (Å²) in [6.45, 7) is 0. The summed E-state index contributed by atoms with van der Waals surface area (Å²) in [5.41, 5.74) is 4.46. The summed E-state index contributed by atoms with van der Waals surface area (Å²) in [4.78, 5) is 14.4. The van der Waals surface area contributed by atoms with Crippen molar-refractivity contribution in [3.05, 3.63) is 170 Å². The first kappa shape index (κ1) is 28.3. The van der Waals surface area contributed by atoms with Gasteiger partial charge in [-0.3, -0.25) is 0 Å². The molecule has 0 amide bonds. The quantitative estimate of drug-likeness (QED) is 0.172. The lowest BCUT2D eigenvalue weighted by Gasteiger charge is -2.20. The fraction of sp³-hybridized carbons (Fsp3) is 0. The fourth-order valence-corrected chi connectivity index (χ4v) is 8.00. The third kappa shape index (κ3) is 5.74. The Bertz CT molecular complexity index is 2060. The molecule has 0 unspecified atom stereocenters. The molecule has 0 aliphatic carbocycles. The Morgan fingerprint density at radius 2 is 0.667 bits per heavy atom. The van der Waals surface area contributed by atoms with Crippen LogP contribution in [0.15, 0.2) is 164 Å². The van der Waals surface area contributed by atoms with Crippen molar-refractivity contribution < 1.29 is 8.96 Å². The zero-order valence-corrected chi connectivity index (χ0v) is 25.1. The maximum atomic E-state index is 14.8. The predicted octanol–water partition coefficient (Wildman–Crippen LogP) is 8.32. The number of rotatable bonds is 7. The highest BCUT2D eigenvalue weighted by Gasteiger charge is 2.29. The van der Waals surface area contributed by atoms with E-state index in [-0.39, 0.29) is 5.82 Å². The molecule has 1 aromatic heterocycles.